The molecule has 0 amide bonds. The van der Waals surface area contributed by atoms with Crippen LogP contribution in [0.4, 0.5) is 0 Å². The topological polar surface area (TPSA) is 35.0 Å². The van der Waals surface area contributed by atoms with Crippen molar-refractivity contribution in [2.75, 3.05) is 6.61 Å². The lowest BCUT2D eigenvalue weighted by atomic mass is 10.0. The molecule has 0 fully saturated rings. The molecule has 0 N–H and O–H groups in total. The second kappa shape index (κ2) is 5.60. The van der Waals surface area contributed by atoms with Crippen LogP contribution in [0.5, 0.6) is 0 Å². The van der Waals surface area contributed by atoms with Crippen molar-refractivity contribution >= 4 is 34.2 Å². The van der Waals surface area contributed by atoms with Crippen LogP contribution in [0.2, 0.25) is 5.15 Å². The van der Waals surface area contributed by atoms with E-state index in [-0.39, 0.29) is 0 Å². The van der Waals surface area contributed by atoms with Crippen LogP contribution in [0, 0.1) is 10.5 Å². The molecule has 1 aromatic heterocycles. The highest BCUT2D eigenvalue weighted by Gasteiger charge is 2.29. The van der Waals surface area contributed by atoms with Crippen molar-refractivity contribution in [3.8, 4) is 0 Å². The largest absolute Gasteiger partial charge is 0.368 e. The first-order chi connectivity index (χ1) is 7.44. The van der Waals surface area contributed by atoms with Gasteiger partial charge in [-0.2, -0.15) is 0 Å². The van der Waals surface area contributed by atoms with E-state index in [4.69, 9.17) is 16.3 Å². The molecule has 5 heteroatoms. The van der Waals surface area contributed by atoms with Crippen molar-refractivity contribution in [1.29, 1.82) is 0 Å². The van der Waals surface area contributed by atoms with Gasteiger partial charge in [0.15, 0.2) is 5.82 Å². The Morgan fingerprint density at radius 1 is 1.38 bits per heavy atom. The van der Waals surface area contributed by atoms with E-state index in [1.165, 1.54) is 0 Å². The van der Waals surface area contributed by atoms with Crippen LogP contribution < -0.4 is 0 Å². The minimum absolute atomic E-state index is 0.451. The molecule has 1 aromatic rings. The smallest absolute Gasteiger partial charge is 0.161 e. The van der Waals surface area contributed by atoms with E-state index in [0.717, 1.165) is 15.7 Å². The molecule has 0 radical (unpaired) electrons. The summed E-state index contributed by atoms with van der Waals surface area (Å²) in [5.74, 6) is 0.666. The molecule has 1 atom stereocenters. The monoisotopic (exact) mass is 354 g/mol. The number of hydrogen-bond donors (Lipinski definition) is 0. The Labute approximate surface area is 115 Å². The van der Waals surface area contributed by atoms with Crippen LogP contribution in [0.25, 0.3) is 0 Å². The summed E-state index contributed by atoms with van der Waals surface area (Å²) in [6, 6.07) is 0. The summed E-state index contributed by atoms with van der Waals surface area (Å²) in [5, 5.41) is 0.502. The molecule has 0 aliphatic carbocycles. The Hall–Kier alpha value is 0.0600. The molecule has 3 nitrogen and oxygen atoms in total. The number of aryl methyl sites for hydroxylation is 1. The molecule has 0 aliphatic rings. The molecule has 0 spiro atoms. The summed E-state index contributed by atoms with van der Waals surface area (Å²) in [5.41, 5.74) is 0.447. The standard InChI is InChI=1S/C11H16ClIN2O/c1-5-11(4,16-6-2)10-14-7(3)8(13)9(12)15-10/h5-6H2,1-4H3. The lowest BCUT2D eigenvalue weighted by molar-refractivity contribution is -0.0391. The van der Waals surface area contributed by atoms with Gasteiger partial charge in [0.1, 0.15) is 10.8 Å². The Morgan fingerprint density at radius 2 is 2.00 bits per heavy atom. The third kappa shape index (κ3) is 2.84. The normalized spacial score (nSPS) is 14.9. The maximum Gasteiger partial charge on any atom is 0.161 e. The fraction of sp³-hybridized carbons (Fsp3) is 0.636. The zero-order valence-electron chi connectivity index (χ0n) is 9.97. The molecule has 1 rings (SSSR count). The van der Waals surface area contributed by atoms with E-state index in [0.29, 0.717) is 17.6 Å². The average molecular weight is 355 g/mol. The van der Waals surface area contributed by atoms with Gasteiger partial charge in [-0.25, -0.2) is 9.97 Å². The summed E-state index contributed by atoms with van der Waals surface area (Å²) < 4.78 is 6.63. The minimum Gasteiger partial charge on any atom is -0.368 e. The molecule has 0 saturated heterocycles. The van der Waals surface area contributed by atoms with Gasteiger partial charge in [-0.05, 0) is 49.8 Å². The van der Waals surface area contributed by atoms with Crippen LogP contribution in [-0.4, -0.2) is 16.6 Å². The number of nitrogens with zero attached hydrogens (tertiary/aromatic N) is 2. The highest BCUT2D eigenvalue weighted by atomic mass is 127. The summed E-state index contributed by atoms with van der Waals surface area (Å²) in [7, 11) is 0. The van der Waals surface area contributed by atoms with Gasteiger partial charge in [0, 0.05) is 6.61 Å². The second-order valence-electron chi connectivity index (χ2n) is 3.75. The molecule has 0 bridgehead atoms. The maximum absolute atomic E-state index is 6.07. The molecule has 1 unspecified atom stereocenters. The Morgan fingerprint density at radius 3 is 2.44 bits per heavy atom. The molecular weight excluding hydrogens is 338 g/mol. The van der Waals surface area contributed by atoms with Gasteiger partial charge >= 0.3 is 0 Å². The zero-order valence-corrected chi connectivity index (χ0v) is 12.9. The van der Waals surface area contributed by atoms with E-state index in [2.05, 4.69) is 39.5 Å². The zero-order chi connectivity index (χ0) is 12.3. The molecule has 0 aromatic carbocycles. The van der Waals surface area contributed by atoms with Gasteiger partial charge in [-0.1, -0.05) is 18.5 Å². The molecule has 0 saturated carbocycles. The van der Waals surface area contributed by atoms with E-state index in [1.54, 1.807) is 0 Å². The van der Waals surface area contributed by atoms with Gasteiger partial charge in [-0.3, -0.25) is 0 Å². The summed E-state index contributed by atoms with van der Waals surface area (Å²) in [6.07, 6.45) is 0.817. The molecular formula is C11H16ClIN2O. The Balaban J connectivity index is 3.21. The van der Waals surface area contributed by atoms with Crippen LogP contribution in [0.15, 0.2) is 0 Å². The lowest BCUT2D eigenvalue weighted by Crippen LogP contribution is -2.28. The second-order valence-corrected chi connectivity index (χ2v) is 5.19. The predicted octanol–water partition coefficient (Wildman–Crippen LogP) is 3.70. The Kier molecular flexibility index (Phi) is 4.94. The number of rotatable bonds is 4. The van der Waals surface area contributed by atoms with Gasteiger partial charge < -0.3 is 4.74 Å². The summed E-state index contributed by atoms with van der Waals surface area (Å²) >= 11 is 8.22. The predicted molar refractivity (Wildman–Crippen MR) is 73.8 cm³/mol. The number of aromatic nitrogens is 2. The third-order valence-electron chi connectivity index (χ3n) is 2.59. The first-order valence-electron chi connectivity index (χ1n) is 5.28. The van der Waals surface area contributed by atoms with Gasteiger partial charge in [0.2, 0.25) is 0 Å². The minimum atomic E-state index is -0.451. The first-order valence-corrected chi connectivity index (χ1v) is 6.74. The van der Waals surface area contributed by atoms with Gasteiger partial charge in [0.05, 0.1) is 9.26 Å². The molecule has 90 valence electrons. The fourth-order valence-electron chi connectivity index (χ4n) is 1.40. The summed E-state index contributed by atoms with van der Waals surface area (Å²) in [4.78, 5) is 8.78. The van der Waals surface area contributed by atoms with Crippen LogP contribution >= 0.6 is 34.2 Å². The van der Waals surface area contributed by atoms with Gasteiger partial charge in [-0.15, -0.1) is 0 Å². The van der Waals surface area contributed by atoms with Crippen LogP contribution in [-0.2, 0) is 10.3 Å². The van der Waals surface area contributed by atoms with Crippen molar-refractivity contribution in [1.82, 2.24) is 9.97 Å². The highest BCUT2D eigenvalue weighted by molar-refractivity contribution is 14.1. The van der Waals surface area contributed by atoms with Crippen LogP contribution in [0.1, 0.15) is 38.7 Å². The Bertz CT molecular complexity index is 363. The SMILES string of the molecule is CCOC(C)(CC)c1nc(C)c(I)c(Cl)n1. The molecule has 16 heavy (non-hydrogen) atoms. The number of ether oxygens (including phenoxy) is 1. The van der Waals surface area contributed by atoms with E-state index < -0.39 is 5.60 Å². The highest BCUT2D eigenvalue weighted by Crippen LogP contribution is 2.29. The van der Waals surface area contributed by atoms with E-state index >= 15 is 0 Å². The first kappa shape index (κ1) is 14.1. The average Bonchev–Trinajstić information content (AvgIpc) is 2.25. The van der Waals surface area contributed by atoms with Crippen LogP contribution in [0.3, 0.4) is 0 Å². The number of hydrogen-bond acceptors (Lipinski definition) is 3. The summed E-state index contributed by atoms with van der Waals surface area (Å²) in [6.45, 7) is 8.58. The maximum atomic E-state index is 6.07. The number of halogens is 2. The van der Waals surface area contributed by atoms with E-state index in [9.17, 15) is 0 Å². The van der Waals surface area contributed by atoms with Crippen molar-refractivity contribution in [2.45, 2.75) is 39.7 Å². The van der Waals surface area contributed by atoms with E-state index in [1.807, 2.05) is 20.8 Å². The lowest BCUT2D eigenvalue weighted by Gasteiger charge is -2.27. The molecule has 1 heterocycles. The van der Waals surface area contributed by atoms with Crippen molar-refractivity contribution in [2.24, 2.45) is 0 Å². The quantitative estimate of drug-likeness (QED) is 0.611. The van der Waals surface area contributed by atoms with Crippen molar-refractivity contribution < 1.29 is 4.74 Å². The molecule has 0 aliphatic heterocycles. The third-order valence-corrected chi connectivity index (χ3v) is 4.47. The van der Waals surface area contributed by atoms with Crippen molar-refractivity contribution in [3.05, 3.63) is 20.2 Å². The fourth-order valence-corrected chi connectivity index (χ4v) is 1.86. The van der Waals surface area contributed by atoms with Crippen molar-refractivity contribution in [3.63, 3.8) is 0 Å². The van der Waals surface area contributed by atoms with Gasteiger partial charge in [0.25, 0.3) is 0 Å².